The van der Waals surface area contributed by atoms with Gasteiger partial charge in [-0.1, -0.05) is 17.7 Å². The first-order valence-corrected chi connectivity index (χ1v) is 11.8. The lowest BCUT2D eigenvalue weighted by molar-refractivity contribution is 0.0729. The van der Waals surface area contributed by atoms with Crippen LogP contribution in [0.15, 0.2) is 48.8 Å². The van der Waals surface area contributed by atoms with Crippen molar-refractivity contribution in [2.45, 2.75) is 19.5 Å². The molecule has 10 heteroatoms. The predicted octanol–water partition coefficient (Wildman–Crippen LogP) is 4.91. The largest absolute Gasteiger partial charge is 0.507 e. The number of carbonyl (C=O) groups is 1. The Labute approximate surface area is 218 Å². The molecule has 1 amide bonds. The summed E-state index contributed by atoms with van der Waals surface area (Å²) >= 11 is 6.40. The second-order valence-electron chi connectivity index (χ2n) is 8.63. The second kappa shape index (κ2) is 9.67. The van der Waals surface area contributed by atoms with Gasteiger partial charge in [0.1, 0.15) is 17.1 Å². The van der Waals surface area contributed by atoms with E-state index >= 15 is 0 Å². The summed E-state index contributed by atoms with van der Waals surface area (Å²) in [6.45, 7) is 2.09. The fourth-order valence-corrected chi connectivity index (χ4v) is 4.88. The third-order valence-electron chi connectivity index (χ3n) is 6.47. The van der Waals surface area contributed by atoms with Gasteiger partial charge in [0.2, 0.25) is 5.75 Å². The van der Waals surface area contributed by atoms with Crippen molar-refractivity contribution in [3.63, 3.8) is 0 Å². The fraction of sp³-hybridized carbons (Fsp3) is 0.222. The molecule has 190 valence electrons. The molecule has 3 heterocycles. The summed E-state index contributed by atoms with van der Waals surface area (Å²) in [4.78, 5) is 19.6. The molecule has 0 saturated carbocycles. The number of amides is 1. The number of pyridine rings is 1. The van der Waals surface area contributed by atoms with Crippen LogP contribution in [0.4, 0.5) is 0 Å². The van der Waals surface area contributed by atoms with Crippen LogP contribution in [0.3, 0.4) is 0 Å². The number of benzene rings is 2. The van der Waals surface area contributed by atoms with Gasteiger partial charge in [0.15, 0.2) is 11.5 Å². The molecule has 2 aromatic heterocycles. The van der Waals surface area contributed by atoms with Gasteiger partial charge in [0.05, 0.1) is 27.4 Å². The van der Waals surface area contributed by atoms with E-state index in [1.165, 1.54) is 21.3 Å². The molecular formula is C27H25ClN4O5. The highest BCUT2D eigenvalue weighted by atomic mass is 35.5. The third-order valence-corrected chi connectivity index (χ3v) is 6.88. The van der Waals surface area contributed by atoms with Crippen LogP contribution in [0.25, 0.3) is 11.3 Å². The maximum Gasteiger partial charge on any atom is 0.273 e. The highest BCUT2D eigenvalue weighted by molar-refractivity contribution is 6.31. The van der Waals surface area contributed by atoms with Crippen molar-refractivity contribution < 1.29 is 24.1 Å². The Morgan fingerprint density at radius 2 is 1.84 bits per heavy atom. The molecular weight excluding hydrogens is 496 g/mol. The summed E-state index contributed by atoms with van der Waals surface area (Å²) in [5.41, 5.74) is 4.08. The molecule has 1 aliphatic rings. The van der Waals surface area contributed by atoms with E-state index in [0.29, 0.717) is 50.3 Å². The maximum atomic E-state index is 13.7. The van der Waals surface area contributed by atoms with Gasteiger partial charge in [-0.05, 0) is 53.9 Å². The Morgan fingerprint density at radius 1 is 1.11 bits per heavy atom. The van der Waals surface area contributed by atoms with Crippen LogP contribution in [0.1, 0.15) is 38.8 Å². The third kappa shape index (κ3) is 4.11. The van der Waals surface area contributed by atoms with Gasteiger partial charge in [-0.2, -0.15) is 5.10 Å². The maximum absolute atomic E-state index is 13.7. The highest BCUT2D eigenvalue weighted by Gasteiger charge is 2.43. The molecule has 37 heavy (non-hydrogen) atoms. The Hall–Kier alpha value is -4.24. The first-order valence-electron chi connectivity index (χ1n) is 11.4. The van der Waals surface area contributed by atoms with E-state index in [2.05, 4.69) is 15.2 Å². The number of phenols is 1. The number of fused-ring (bicyclic) bond motifs is 1. The average Bonchev–Trinajstić information content (AvgIpc) is 3.44. The molecule has 0 radical (unpaired) electrons. The number of halogens is 1. The van der Waals surface area contributed by atoms with E-state index in [9.17, 15) is 9.90 Å². The monoisotopic (exact) mass is 520 g/mol. The molecule has 1 atom stereocenters. The fourth-order valence-electron chi connectivity index (χ4n) is 4.72. The van der Waals surface area contributed by atoms with Gasteiger partial charge in [-0.3, -0.25) is 14.9 Å². The van der Waals surface area contributed by atoms with Crippen molar-refractivity contribution in [3.8, 4) is 34.3 Å². The Morgan fingerprint density at radius 3 is 2.46 bits per heavy atom. The number of aryl methyl sites for hydroxylation is 1. The minimum absolute atomic E-state index is 0.0120. The van der Waals surface area contributed by atoms with Gasteiger partial charge < -0.3 is 24.2 Å². The number of rotatable bonds is 7. The van der Waals surface area contributed by atoms with Crippen molar-refractivity contribution in [2.24, 2.45) is 0 Å². The number of aromatic amines is 1. The number of nitrogens with one attached hydrogen (secondary N) is 1. The van der Waals surface area contributed by atoms with Crippen molar-refractivity contribution in [3.05, 3.63) is 81.8 Å². The Balaban J connectivity index is 1.74. The smallest absolute Gasteiger partial charge is 0.273 e. The summed E-state index contributed by atoms with van der Waals surface area (Å²) in [6, 6.07) is 9.99. The minimum atomic E-state index is -0.593. The number of aromatic nitrogens is 3. The normalized spacial score (nSPS) is 14.6. The first kappa shape index (κ1) is 24.5. The van der Waals surface area contributed by atoms with Crippen LogP contribution in [0, 0.1) is 6.92 Å². The van der Waals surface area contributed by atoms with E-state index < -0.39 is 6.04 Å². The van der Waals surface area contributed by atoms with Gasteiger partial charge in [-0.25, -0.2) is 0 Å². The minimum Gasteiger partial charge on any atom is -0.507 e. The number of hydrogen-bond donors (Lipinski definition) is 2. The van der Waals surface area contributed by atoms with Crippen LogP contribution >= 0.6 is 11.6 Å². The van der Waals surface area contributed by atoms with Crippen LogP contribution in [-0.4, -0.2) is 52.4 Å². The van der Waals surface area contributed by atoms with Gasteiger partial charge in [0, 0.05) is 35.1 Å². The zero-order chi connectivity index (χ0) is 26.3. The zero-order valence-electron chi connectivity index (χ0n) is 20.7. The molecule has 0 saturated heterocycles. The Kier molecular flexibility index (Phi) is 6.39. The first-order chi connectivity index (χ1) is 17.9. The number of carbonyl (C=O) groups excluding carboxylic acids is 1. The summed E-state index contributed by atoms with van der Waals surface area (Å²) in [7, 11) is 4.61. The standard InChI is InChI=1S/C27H25ClN4O5/c1-14-8-19(33)17(11-18(14)28)23-22-24(31-30-23)27(34)32(13-15-6-5-7-29-12-15)25(22)16-9-20(35-2)26(37-4)21(10-16)36-3/h5-12,25,33H,13H2,1-4H3,(H,30,31)/t25-/m1/s1. The van der Waals surface area contributed by atoms with E-state index in [1.807, 2.05) is 24.3 Å². The molecule has 1 aliphatic heterocycles. The highest BCUT2D eigenvalue weighted by Crippen LogP contribution is 2.49. The second-order valence-corrected chi connectivity index (χ2v) is 9.04. The summed E-state index contributed by atoms with van der Waals surface area (Å²) in [5.74, 6) is 1.11. The average molecular weight is 521 g/mol. The topological polar surface area (TPSA) is 110 Å². The van der Waals surface area contributed by atoms with E-state index in [0.717, 1.165) is 11.1 Å². The lowest BCUT2D eigenvalue weighted by Gasteiger charge is -2.27. The van der Waals surface area contributed by atoms with Crippen molar-refractivity contribution in [1.29, 1.82) is 0 Å². The van der Waals surface area contributed by atoms with Gasteiger partial charge >= 0.3 is 0 Å². The van der Waals surface area contributed by atoms with Crippen LogP contribution in [0.2, 0.25) is 5.02 Å². The van der Waals surface area contributed by atoms with E-state index in [1.54, 1.807) is 36.4 Å². The number of hydrogen-bond acceptors (Lipinski definition) is 7. The Bertz CT molecular complexity index is 1460. The van der Waals surface area contributed by atoms with Gasteiger partial charge in [0.25, 0.3) is 5.91 Å². The van der Waals surface area contributed by atoms with Gasteiger partial charge in [-0.15, -0.1) is 0 Å². The van der Waals surface area contributed by atoms with E-state index in [-0.39, 0.29) is 18.2 Å². The molecule has 0 fully saturated rings. The summed E-state index contributed by atoms with van der Waals surface area (Å²) < 4.78 is 16.7. The van der Waals surface area contributed by atoms with Crippen LogP contribution in [0.5, 0.6) is 23.0 Å². The number of H-pyrrole nitrogens is 1. The predicted molar refractivity (Wildman–Crippen MR) is 137 cm³/mol. The van der Waals surface area contributed by atoms with Crippen molar-refractivity contribution >= 4 is 17.5 Å². The molecule has 9 nitrogen and oxygen atoms in total. The number of methoxy groups -OCH3 is 3. The summed E-state index contributed by atoms with van der Waals surface area (Å²) in [5, 5.41) is 18.6. The lowest BCUT2D eigenvalue weighted by atomic mass is 9.94. The zero-order valence-corrected chi connectivity index (χ0v) is 21.5. The van der Waals surface area contributed by atoms with E-state index in [4.69, 9.17) is 25.8 Å². The molecule has 4 aromatic rings. The lowest BCUT2D eigenvalue weighted by Crippen LogP contribution is -2.29. The number of ether oxygens (including phenoxy) is 3. The number of phenolic OH excluding ortho intramolecular Hbond substituents is 1. The molecule has 0 unspecified atom stereocenters. The van der Waals surface area contributed by atoms with Crippen LogP contribution < -0.4 is 14.2 Å². The molecule has 2 N–H and O–H groups in total. The summed E-state index contributed by atoms with van der Waals surface area (Å²) in [6.07, 6.45) is 3.40. The molecule has 2 aromatic carbocycles. The molecule has 0 aliphatic carbocycles. The van der Waals surface area contributed by atoms with Crippen molar-refractivity contribution in [2.75, 3.05) is 21.3 Å². The van der Waals surface area contributed by atoms with Crippen molar-refractivity contribution in [1.82, 2.24) is 20.1 Å². The number of nitrogens with zero attached hydrogens (tertiary/aromatic N) is 3. The molecule has 5 rings (SSSR count). The quantitative estimate of drug-likeness (QED) is 0.356. The van der Waals surface area contributed by atoms with Crippen LogP contribution in [-0.2, 0) is 6.54 Å². The molecule has 0 bridgehead atoms. The number of aromatic hydroxyl groups is 1. The SMILES string of the molecule is COc1cc([C@@H]2c3c(-c4cc(Cl)c(C)cc4O)n[nH]c3C(=O)N2Cc2cccnc2)cc(OC)c1OC. The molecule has 0 spiro atoms.